The van der Waals surface area contributed by atoms with Crippen molar-refractivity contribution in [3.8, 4) is 0 Å². The first-order chi connectivity index (χ1) is 7.07. The fourth-order valence-corrected chi connectivity index (χ4v) is 2.38. The fraction of sp³-hybridized carbons (Fsp3) is 0.636. The van der Waals surface area contributed by atoms with Crippen LogP contribution in [-0.2, 0) is 0 Å². The van der Waals surface area contributed by atoms with Crippen LogP contribution < -0.4 is 0 Å². The number of nitrogens with zero attached hydrogens (tertiary/aromatic N) is 2. The quantitative estimate of drug-likeness (QED) is 0.740. The molecule has 1 atom stereocenters. The molecule has 1 rings (SSSR count). The number of aromatic nitrogens is 2. The van der Waals surface area contributed by atoms with Crippen molar-refractivity contribution in [1.82, 2.24) is 9.97 Å². The summed E-state index contributed by atoms with van der Waals surface area (Å²) in [7, 11) is 0. The van der Waals surface area contributed by atoms with Gasteiger partial charge >= 0.3 is 0 Å². The van der Waals surface area contributed by atoms with Crippen LogP contribution in [0, 0.1) is 5.92 Å². The van der Waals surface area contributed by atoms with E-state index in [0.29, 0.717) is 22.1 Å². The van der Waals surface area contributed by atoms with Crippen LogP contribution in [0.2, 0.25) is 10.3 Å². The van der Waals surface area contributed by atoms with Crippen LogP contribution in [0.25, 0.3) is 0 Å². The summed E-state index contributed by atoms with van der Waals surface area (Å²) in [6, 6.07) is 0. The Morgan fingerprint density at radius 3 is 2.13 bits per heavy atom. The van der Waals surface area contributed by atoms with Gasteiger partial charge < -0.3 is 0 Å². The van der Waals surface area contributed by atoms with E-state index in [1.165, 1.54) is 6.33 Å². The molecular weight excluding hydrogens is 231 g/mol. The molecule has 0 aliphatic heterocycles. The molecule has 0 aliphatic carbocycles. The largest absolute Gasteiger partial charge is 0.224 e. The summed E-state index contributed by atoms with van der Waals surface area (Å²) in [6.45, 7) is 6.49. The highest BCUT2D eigenvalue weighted by atomic mass is 35.5. The van der Waals surface area contributed by atoms with E-state index in [-0.39, 0.29) is 0 Å². The standard InChI is InChI=1S/C11H16Cl2N2/c1-4-5-8(7(2)3)9-10(12)14-6-15-11(9)13/h6-8H,4-5H2,1-3H3. The molecule has 0 spiro atoms. The zero-order chi connectivity index (χ0) is 11.4. The summed E-state index contributed by atoms with van der Waals surface area (Å²) in [5, 5.41) is 0.976. The predicted octanol–water partition coefficient (Wildman–Crippen LogP) is 4.32. The Kier molecular flexibility index (Phi) is 4.81. The number of rotatable bonds is 4. The molecule has 0 bridgehead atoms. The highest BCUT2D eigenvalue weighted by Crippen LogP contribution is 2.36. The minimum absolute atomic E-state index is 0.344. The van der Waals surface area contributed by atoms with Crippen LogP contribution in [0.1, 0.15) is 45.1 Å². The van der Waals surface area contributed by atoms with Crippen molar-refractivity contribution < 1.29 is 0 Å². The second-order valence-electron chi connectivity index (χ2n) is 4.01. The summed E-state index contributed by atoms with van der Waals surface area (Å²) in [6.07, 6.45) is 3.56. The topological polar surface area (TPSA) is 25.8 Å². The highest BCUT2D eigenvalue weighted by molar-refractivity contribution is 6.34. The van der Waals surface area contributed by atoms with Crippen LogP contribution in [-0.4, -0.2) is 9.97 Å². The molecule has 2 nitrogen and oxygen atoms in total. The van der Waals surface area contributed by atoms with Gasteiger partial charge in [-0.2, -0.15) is 0 Å². The van der Waals surface area contributed by atoms with Crippen molar-refractivity contribution >= 4 is 23.2 Å². The van der Waals surface area contributed by atoms with Gasteiger partial charge in [0.25, 0.3) is 0 Å². The fourth-order valence-electron chi connectivity index (χ4n) is 1.78. The summed E-state index contributed by atoms with van der Waals surface area (Å²) in [5.41, 5.74) is 0.901. The maximum absolute atomic E-state index is 6.07. The number of hydrogen-bond acceptors (Lipinski definition) is 2. The lowest BCUT2D eigenvalue weighted by atomic mass is 9.86. The zero-order valence-corrected chi connectivity index (χ0v) is 10.8. The lowest BCUT2D eigenvalue weighted by Crippen LogP contribution is -2.09. The summed E-state index contributed by atoms with van der Waals surface area (Å²) < 4.78 is 0. The first-order valence-electron chi connectivity index (χ1n) is 5.23. The van der Waals surface area contributed by atoms with E-state index in [1.807, 2.05) is 0 Å². The van der Waals surface area contributed by atoms with Crippen LogP contribution in [0.5, 0.6) is 0 Å². The molecule has 0 saturated carbocycles. The molecule has 15 heavy (non-hydrogen) atoms. The van der Waals surface area contributed by atoms with Gasteiger partial charge in [0.05, 0.1) is 0 Å². The summed E-state index contributed by atoms with van der Waals surface area (Å²) in [4.78, 5) is 7.99. The van der Waals surface area contributed by atoms with Gasteiger partial charge in [-0.05, 0) is 18.3 Å². The molecule has 0 saturated heterocycles. The average molecular weight is 247 g/mol. The first kappa shape index (κ1) is 12.7. The third kappa shape index (κ3) is 3.05. The molecule has 0 radical (unpaired) electrons. The third-order valence-electron chi connectivity index (χ3n) is 2.56. The Bertz CT molecular complexity index is 306. The van der Waals surface area contributed by atoms with Gasteiger partial charge in [0, 0.05) is 5.56 Å². The summed E-state index contributed by atoms with van der Waals surface area (Å²) >= 11 is 12.1. The Morgan fingerprint density at radius 2 is 1.73 bits per heavy atom. The van der Waals surface area contributed by atoms with Gasteiger partial charge in [0.15, 0.2) is 0 Å². The van der Waals surface area contributed by atoms with Crippen molar-refractivity contribution in [2.75, 3.05) is 0 Å². The van der Waals surface area contributed by atoms with Crippen molar-refractivity contribution in [3.63, 3.8) is 0 Å². The van der Waals surface area contributed by atoms with E-state index in [2.05, 4.69) is 30.7 Å². The lowest BCUT2D eigenvalue weighted by Gasteiger charge is -2.21. The molecule has 1 aromatic heterocycles. The molecule has 0 aliphatic rings. The van der Waals surface area contributed by atoms with Crippen LogP contribution in [0.4, 0.5) is 0 Å². The number of halogens is 2. The molecule has 1 heterocycles. The van der Waals surface area contributed by atoms with E-state index < -0.39 is 0 Å². The van der Waals surface area contributed by atoms with E-state index in [1.54, 1.807) is 0 Å². The van der Waals surface area contributed by atoms with Crippen molar-refractivity contribution in [1.29, 1.82) is 0 Å². The van der Waals surface area contributed by atoms with E-state index in [4.69, 9.17) is 23.2 Å². The molecular formula is C11H16Cl2N2. The third-order valence-corrected chi connectivity index (χ3v) is 3.16. The SMILES string of the molecule is CCCC(c1c(Cl)ncnc1Cl)C(C)C. The van der Waals surface area contributed by atoms with E-state index in [9.17, 15) is 0 Å². The molecule has 0 fully saturated rings. The molecule has 4 heteroatoms. The second-order valence-corrected chi connectivity index (χ2v) is 4.72. The van der Waals surface area contributed by atoms with Crippen molar-refractivity contribution in [2.24, 2.45) is 5.92 Å². The van der Waals surface area contributed by atoms with Gasteiger partial charge in [0.2, 0.25) is 0 Å². The Hall–Kier alpha value is -0.340. The van der Waals surface area contributed by atoms with Crippen LogP contribution in [0.15, 0.2) is 6.33 Å². The minimum Gasteiger partial charge on any atom is -0.224 e. The lowest BCUT2D eigenvalue weighted by molar-refractivity contribution is 0.461. The molecule has 0 amide bonds. The average Bonchev–Trinajstić information content (AvgIpc) is 2.15. The van der Waals surface area contributed by atoms with Gasteiger partial charge in [-0.1, -0.05) is 50.4 Å². The van der Waals surface area contributed by atoms with Gasteiger partial charge in [-0.25, -0.2) is 9.97 Å². The molecule has 84 valence electrons. The molecule has 1 aromatic rings. The smallest absolute Gasteiger partial charge is 0.137 e. The Balaban J connectivity index is 3.10. The van der Waals surface area contributed by atoms with Crippen LogP contribution >= 0.6 is 23.2 Å². The molecule has 0 N–H and O–H groups in total. The zero-order valence-electron chi connectivity index (χ0n) is 9.30. The highest BCUT2D eigenvalue weighted by Gasteiger charge is 2.21. The molecule has 0 aromatic carbocycles. The van der Waals surface area contributed by atoms with Crippen molar-refractivity contribution in [3.05, 3.63) is 22.2 Å². The maximum Gasteiger partial charge on any atom is 0.137 e. The molecule has 1 unspecified atom stereocenters. The Labute approximate surface area is 101 Å². The maximum atomic E-state index is 6.07. The van der Waals surface area contributed by atoms with Crippen molar-refractivity contribution in [2.45, 2.75) is 39.5 Å². The first-order valence-corrected chi connectivity index (χ1v) is 5.99. The van der Waals surface area contributed by atoms with Gasteiger partial charge in [-0.15, -0.1) is 0 Å². The van der Waals surface area contributed by atoms with Crippen LogP contribution in [0.3, 0.4) is 0 Å². The Morgan fingerprint density at radius 1 is 1.20 bits per heavy atom. The van der Waals surface area contributed by atoms with E-state index >= 15 is 0 Å². The normalized spacial score (nSPS) is 13.2. The summed E-state index contributed by atoms with van der Waals surface area (Å²) in [5.74, 6) is 0.835. The van der Waals surface area contributed by atoms with Gasteiger partial charge in [0.1, 0.15) is 16.6 Å². The van der Waals surface area contributed by atoms with Gasteiger partial charge in [-0.3, -0.25) is 0 Å². The number of hydrogen-bond donors (Lipinski definition) is 0. The monoisotopic (exact) mass is 246 g/mol. The second kappa shape index (κ2) is 5.66. The minimum atomic E-state index is 0.344. The van der Waals surface area contributed by atoms with E-state index in [0.717, 1.165) is 18.4 Å². The predicted molar refractivity (Wildman–Crippen MR) is 64.5 cm³/mol.